The average molecular weight is 362 g/mol. The van der Waals surface area contributed by atoms with Crippen molar-refractivity contribution in [3.8, 4) is 5.75 Å². The van der Waals surface area contributed by atoms with Gasteiger partial charge in [-0.25, -0.2) is 4.39 Å². The zero-order valence-corrected chi connectivity index (χ0v) is 16.7. The quantitative estimate of drug-likeness (QED) is 0.567. The van der Waals surface area contributed by atoms with Crippen LogP contribution in [0.15, 0.2) is 18.2 Å². The Labute approximate surface area is 156 Å². The number of carbonyl (C=O) groups excluding carboxylic acids is 1. The van der Waals surface area contributed by atoms with Gasteiger partial charge < -0.3 is 9.64 Å². The highest BCUT2D eigenvalue weighted by molar-refractivity contribution is 5.77. The molecule has 0 amide bonds. The molecule has 1 aromatic rings. The highest BCUT2D eigenvalue weighted by Crippen LogP contribution is 2.52. The minimum absolute atomic E-state index is 0.171. The number of carbonyl (C=O) groups is 1. The van der Waals surface area contributed by atoms with Gasteiger partial charge in [0.2, 0.25) is 0 Å². The number of halogens is 1. The molecule has 4 atom stereocenters. The van der Waals surface area contributed by atoms with Crippen LogP contribution in [0.3, 0.4) is 0 Å². The summed E-state index contributed by atoms with van der Waals surface area (Å²) in [6.07, 6.45) is 4.86. The molecule has 2 bridgehead atoms. The number of nitrogens with zero attached hydrogens (tertiary/aromatic N) is 1. The number of hydrogen-bond acceptors (Lipinski definition) is 3. The fourth-order valence-corrected chi connectivity index (χ4v) is 4.76. The average Bonchev–Trinajstić information content (AvgIpc) is 2.93. The Morgan fingerprint density at radius 2 is 1.96 bits per heavy atom. The second kappa shape index (κ2) is 7.30. The third-order valence-electron chi connectivity index (χ3n) is 6.06. The number of esters is 1. The van der Waals surface area contributed by atoms with Gasteiger partial charge in [-0.3, -0.25) is 4.79 Å². The lowest BCUT2D eigenvalue weighted by Crippen LogP contribution is -2.35. The zero-order chi connectivity index (χ0) is 19.1. The molecular formula is C22H32FNO2. The van der Waals surface area contributed by atoms with Gasteiger partial charge in [0.25, 0.3) is 0 Å². The molecule has 3 rings (SSSR count). The Balaban J connectivity index is 1.88. The fraction of sp³-hybridized carbons (Fsp3) is 0.682. The molecule has 144 valence electrons. The van der Waals surface area contributed by atoms with Crippen molar-refractivity contribution in [2.75, 3.05) is 20.6 Å². The Hall–Kier alpha value is -1.42. The highest BCUT2D eigenvalue weighted by Gasteiger charge is 2.43. The van der Waals surface area contributed by atoms with Crippen molar-refractivity contribution >= 4 is 5.97 Å². The smallest absolute Gasteiger partial charge is 0.316 e. The minimum Gasteiger partial charge on any atom is -0.426 e. The Kier molecular flexibility index (Phi) is 5.43. The summed E-state index contributed by atoms with van der Waals surface area (Å²) >= 11 is 0. The first-order valence-corrected chi connectivity index (χ1v) is 9.81. The fourth-order valence-electron chi connectivity index (χ4n) is 4.76. The van der Waals surface area contributed by atoms with Crippen LogP contribution in [0.5, 0.6) is 5.75 Å². The van der Waals surface area contributed by atoms with Crippen molar-refractivity contribution in [3.63, 3.8) is 0 Å². The highest BCUT2D eigenvalue weighted by atomic mass is 19.1. The normalized spacial score (nSPS) is 28.4. The van der Waals surface area contributed by atoms with Crippen LogP contribution < -0.4 is 4.74 Å². The molecule has 0 spiro atoms. The first-order chi connectivity index (χ1) is 12.1. The van der Waals surface area contributed by atoms with Gasteiger partial charge in [0, 0.05) is 6.54 Å². The SMILES string of the molecule is CN(C)C[C@H]1C2CCC(C2)C[C@H]1c1cc(OC(=O)C(C)(C)C)ccc1F. The minimum atomic E-state index is -0.577. The van der Waals surface area contributed by atoms with Crippen LogP contribution in [0.1, 0.15) is 57.9 Å². The van der Waals surface area contributed by atoms with Crippen molar-refractivity contribution < 1.29 is 13.9 Å². The van der Waals surface area contributed by atoms with E-state index in [-0.39, 0.29) is 17.7 Å². The summed E-state index contributed by atoms with van der Waals surface area (Å²) in [5.74, 6) is 2.07. The summed E-state index contributed by atoms with van der Waals surface area (Å²) in [4.78, 5) is 14.4. The van der Waals surface area contributed by atoms with Gasteiger partial charge in [0.05, 0.1) is 5.41 Å². The first kappa shape index (κ1) is 19.3. The van der Waals surface area contributed by atoms with Crippen LogP contribution in [0, 0.1) is 29.0 Å². The van der Waals surface area contributed by atoms with E-state index in [4.69, 9.17) is 4.74 Å². The van der Waals surface area contributed by atoms with E-state index in [1.807, 2.05) is 20.8 Å². The maximum absolute atomic E-state index is 14.8. The van der Waals surface area contributed by atoms with Gasteiger partial charge >= 0.3 is 5.97 Å². The summed E-state index contributed by atoms with van der Waals surface area (Å²) in [7, 11) is 4.19. The predicted molar refractivity (Wildman–Crippen MR) is 102 cm³/mol. The third-order valence-corrected chi connectivity index (χ3v) is 6.06. The van der Waals surface area contributed by atoms with E-state index >= 15 is 0 Å². The maximum Gasteiger partial charge on any atom is 0.316 e. The first-order valence-electron chi connectivity index (χ1n) is 9.81. The van der Waals surface area contributed by atoms with E-state index < -0.39 is 5.41 Å². The number of rotatable bonds is 4. The largest absolute Gasteiger partial charge is 0.426 e. The Bertz CT molecular complexity index is 665. The van der Waals surface area contributed by atoms with E-state index in [0.717, 1.165) is 18.5 Å². The van der Waals surface area contributed by atoms with Crippen molar-refractivity contribution in [1.82, 2.24) is 4.90 Å². The lowest BCUT2D eigenvalue weighted by Gasteiger charge is -2.39. The second-order valence-electron chi connectivity index (χ2n) is 9.53. The van der Waals surface area contributed by atoms with E-state index in [1.54, 1.807) is 12.1 Å². The van der Waals surface area contributed by atoms with Gasteiger partial charge in [-0.1, -0.05) is 6.42 Å². The molecule has 2 aliphatic rings. The third kappa shape index (κ3) is 4.11. The van der Waals surface area contributed by atoms with E-state index in [2.05, 4.69) is 19.0 Å². The monoisotopic (exact) mass is 361 g/mol. The Morgan fingerprint density at radius 3 is 2.62 bits per heavy atom. The molecule has 2 fully saturated rings. The van der Waals surface area contributed by atoms with Crippen molar-refractivity contribution in [3.05, 3.63) is 29.6 Å². The summed E-state index contributed by atoms with van der Waals surface area (Å²) in [6.45, 7) is 6.45. The van der Waals surface area contributed by atoms with Gasteiger partial charge in [0.1, 0.15) is 11.6 Å². The molecule has 2 saturated carbocycles. The molecule has 1 aromatic carbocycles. The molecule has 0 aliphatic heterocycles. The number of benzene rings is 1. The molecule has 0 aromatic heterocycles. The van der Waals surface area contributed by atoms with Crippen LogP contribution in [-0.4, -0.2) is 31.5 Å². The molecule has 2 aliphatic carbocycles. The molecule has 0 radical (unpaired) electrons. The summed E-state index contributed by atoms with van der Waals surface area (Å²) in [5, 5.41) is 0. The standard InChI is InChI=1S/C22H32FNO2/c1-22(2,3)21(25)26-16-8-9-20(23)18(12-16)17-11-14-6-7-15(10-14)19(17)13-24(4)5/h8-9,12,14-15,17,19H,6-7,10-11,13H2,1-5H3/t14?,15?,17-,19-/m0/s1. The Morgan fingerprint density at radius 1 is 1.23 bits per heavy atom. The molecular weight excluding hydrogens is 329 g/mol. The van der Waals surface area contributed by atoms with Crippen molar-refractivity contribution in [2.24, 2.45) is 23.2 Å². The van der Waals surface area contributed by atoms with Gasteiger partial charge in [-0.15, -0.1) is 0 Å². The second-order valence-corrected chi connectivity index (χ2v) is 9.53. The van der Waals surface area contributed by atoms with E-state index in [1.165, 1.54) is 25.3 Å². The van der Waals surface area contributed by atoms with Gasteiger partial charge in [-0.05, 0) is 102 Å². The lowest BCUT2D eigenvalue weighted by molar-refractivity contribution is -0.143. The summed E-state index contributed by atoms with van der Waals surface area (Å²) in [6, 6.07) is 4.81. The maximum atomic E-state index is 14.8. The van der Waals surface area contributed by atoms with Crippen LogP contribution in [0.25, 0.3) is 0 Å². The lowest BCUT2D eigenvalue weighted by atomic mass is 9.69. The summed E-state index contributed by atoms with van der Waals surface area (Å²) < 4.78 is 20.3. The van der Waals surface area contributed by atoms with E-state index in [9.17, 15) is 9.18 Å². The molecule has 4 heteroatoms. The van der Waals surface area contributed by atoms with Gasteiger partial charge in [0.15, 0.2) is 0 Å². The predicted octanol–water partition coefficient (Wildman–Crippen LogP) is 4.86. The molecule has 3 nitrogen and oxygen atoms in total. The van der Waals surface area contributed by atoms with Crippen molar-refractivity contribution in [1.29, 1.82) is 0 Å². The number of fused-ring (bicyclic) bond motifs is 2. The summed E-state index contributed by atoms with van der Waals surface area (Å²) in [5.41, 5.74) is 0.152. The van der Waals surface area contributed by atoms with Crippen molar-refractivity contribution in [2.45, 2.75) is 52.4 Å². The molecule has 0 heterocycles. The van der Waals surface area contributed by atoms with E-state index in [0.29, 0.717) is 23.5 Å². The van der Waals surface area contributed by atoms with Crippen LogP contribution >= 0.6 is 0 Å². The molecule has 2 unspecified atom stereocenters. The number of ether oxygens (including phenoxy) is 1. The van der Waals surface area contributed by atoms with Crippen LogP contribution in [0.2, 0.25) is 0 Å². The zero-order valence-electron chi connectivity index (χ0n) is 16.7. The van der Waals surface area contributed by atoms with Crippen LogP contribution in [-0.2, 0) is 4.79 Å². The van der Waals surface area contributed by atoms with Gasteiger partial charge in [-0.2, -0.15) is 0 Å². The molecule has 26 heavy (non-hydrogen) atoms. The number of hydrogen-bond donors (Lipinski definition) is 0. The molecule has 0 saturated heterocycles. The van der Waals surface area contributed by atoms with Crippen LogP contribution in [0.4, 0.5) is 4.39 Å². The molecule has 0 N–H and O–H groups in total. The topological polar surface area (TPSA) is 29.5 Å².